The van der Waals surface area contributed by atoms with Gasteiger partial charge >= 0.3 is 12.1 Å². The van der Waals surface area contributed by atoms with Crippen LogP contribution in [0.15, 0.2) is 42.5 Å². The van der Waals surface area contributed by atoms with Crippen molar-refractivity contribution in [3.05, 3.63) is 53.7 Å². The van der Waals surface area contributed by atoms with Gasteiger partial charge < -0.3 is 29.1 Å². The molecule has 6 rings (SSSR count). The van der Waals surface area contributed by atoms with Crippen LogP contribution in [-0.4, -0.2) is 89.9 Å². The molecule has 238 valence electrons. The van der Waals surface area contributed by atoms with E-state index in [2.05, 4.69) is 77.3 Å². The van der Waals surface area contributed by atoms with E-state index in [-0.39, 0.29) is 24.2 Å². The number of hydrogen-bond acceptors (Lipinski definition) is 9. The molecule has 0 radical (unpaired) electrons. The number of nitrogens with zero attached hydrogens (tertiary/aromatic N) is 7. The Balaban J connectivity index is 1.34. The lowest BCUT2D eigenvalue weighted by Crippen LogP contribution is -2.56. The van der Waals surface area contributed by atoms with E-state index in [1.54, 1.807) is 4.90 Å². The Hall–Kier alpha value is -4.10. The van der Waals surface area contributed by atoms with E-state index in [1.807, 2.05) is 20.8 Å². The van der Waals surface area contributed by atoms with Crippen molar-refractivity contribution in [1.29, 1.82) is 5.26 Å². The largest absolute Gasteiger partial charge is 0.455 e. The topological polar surface area (TPSA) is 98.1 Å². The van der Waals surface area contributed by atoms with Gasteiger partial charge in [-0.05, 0) is 72.0 Å². The lowest BCUT2D eigenvalue weighted by Gasteiger charge is -2.44. The Bertz CT molecular complexity index is 1590. The summed E-state index contributed by atoms with van der Waals surface area (Å²) < 4.78 is 12.4. The van der Waals surface area contributed by atoms with Crippen LogP contribution in [0.5, 0.6) is 6.01 Å². The third kappa shape index (κ3) is 6.64. The molecule has 10 heteroatoms. The molecule has 0 bridgehead atoms. The molecule has 2 aromatic carbocycles. The molecule has 0 spiro atoms. The van der Waals surface area contributed by atoms with Gasteiger partial charge in [-0.1, -0.05) is 36.4 Å². The van der Waals surface area contributed by atoms with Crippen LogP contribution in [0.4, 0.5) is 16.3 Å². The standard InChI is InChI=1S/C35H45N7O3/c1-34(2,3)45-33(43)42-21-20-41(22-26(42)14-18-36)31-28-15-19-40(30-13-8-11-25-10-6-7-12-27(25)30)23-29(28)37-32(38-31)44-35(16-9-17-35)24-39(4)5/h6-8,10-13,26H,9,14-17,19-24H2,1-5H3/t26-/m0/s1. The van der Waals surface area contributed by atoms with Gasteiger partial charge in [0, 0.05) is 49.4 Å². The van der Waals surface area contributed by atoms with Crippen LogP contribution in [0.25, 0.3) is 10.8 Å². The number of carbonyl (C=O) groups is 1. The maximum Gasteiger partial charge on any atom is 0.410 e. The van der Waals surface area contributed by atoms with Gasteiger partial charge in [-0.3, -0.25) is 0 Å². The molecular formula is C35H45N7O3. The minimum atomic E-state index is -0.608. The van der Waals surface area contributed by atoms with Crippen molar-refractivity contribution >= 4 is 28.4 Å². The number of piperazine rings is 1. The minimum Gasteiger partial charge on any atom is -0.455 e. The number of anilines is 2. The summed E-state index contributed by atoms with van der Waals surface area (Å²) in [7, 11) is 4.15. The molecule has 3 heterocycles. The zero-order valence-electron chi connectivity index (χ0n) is 27.3. The zero-order chi connectivity index (χ0) is 31.8. The minimum absolute atomic E-state index is 0.215. The van der Waals surface area contributed by atoms with Gasteiger partial charge in [0.25, 0.3) is 0 Å². The van der Waals surface area contributed by atoms with E-state index in [4.69, 9.17) is 19.4 Å². The normalized spacial score (nSPS) is 19.6. The second-order valence-electron chi connectivity index (χ2n) is 13.9. The van der Waals surface area contributed by atoms with Gasteiger partial charge in [-0.2, -0.15) is 15.2 Å². The summed E-state index contributed by atoms with van der Waals surface area (Å²) in [5.41, 5.74) is 2.39. The predicted molar refractivity (Wildman–Crippen MR) is 176 cm³/mol. The van der Waals surface area contributed by atoms with E-state index in [9.17, 15) is 10.1 Å². The SMILES string of the molecule is CN(C)CC1(Oc2nc3c(c(N4CCN(C(=O)OC(C)(C)C)[C@@H](CC#N)C4)n2)CCN(c2cccc4ccccc24)C3)CCC1. The van der Waals surface area contributed by atoms with E-state index in [1.165, 1.54) is 16.5 Å². The highest BCUT2D eigenvalue weighted by Gasteiger charge is 2.42. The smallest absolute Gasteiger partial charge is 0.410 e. The lowest BCUT2D eigenvalue weighted by atomic mass is 9.79. The number of nitriles is 1. The molecule has 1 aromatic heterocycles. The van der Waals surface area contributed by atoms with Crippen LogP contribution >= 0.6 is 0 Å². The maximum absolute atomic E-state index is 13.1. The molecule has 1 amide bonds. The molecule has 1 aliphatic carbocycles. The molecular weight excluding hydrogens is 566 g/mol. The van der Waals surface area contributed by atoms with Crippen LogP contribution < -0.4 is 14.5 Å². The quantitative estimate of drug-likeness (QED) is 0.348. The Morgan fingerprint density at radius 1 is 1.07 bits per heavy atom. The van der Waals surface area contributed by atoms with Crippen LogP contribution in [0.2, 0.25) is 0 Å². The first-order chi connectivity index (χ1) is 21.5. The fourth-order valence-corrected chi connectivity index (χ4v) is 6.91. The molecule has 10 nitrogen and oxygen atoms in total. The highest BCUT2D eigenvalue weighted by Crippen LogP contribution is 2.39. The van der Waals surface area contributed by atoms with E-state index >= 15 is 0 Å². The molecule has 2 aliphatic heterocycles. The summed E-state index contributed by atoms with van der Waals surface area (Å²) in [6.07, 6.45) is 3.70. The Kier molecular flexibility index (Phi) is 8.49. The number of aromatic nitrogens is 2. The maximum atomic E-state index is 13.1. The zero-order valence-corrected chi connectivity index (χ0v) is 27.3. The van der Waals surface area contributed by atoms with E-state index in [0.29, 0.717) is 32.2 Å². The predicted octanol–water partition coefficient (Wildman–Crippen LogP) is 5.39. The lowest BCUT2D eigenvalue weighted by molar-refractivity contribution is -0.0335. The molecule has 1 atom stereocenters. The molecule has 3 aromatic rings. The first kappa shape index (κ1) is 30.9. The van der Waals surface area contributed by atoms with Crippen molar-refractivity contribution in [3.8, 4) is 12.1 Å². The monoisotopic (exact) mass is 611 g/mol. The van der Waals surface area contributed by atoms with Crippen molar-refractivity contribution in [3.63, 3.8) is 0 Å². The van der Waals surface area contributed by atoms with Crippen molar-refractivity contribution in [2.75, 3.05) is 56.6 Å². The first-order valence-electron chi connectivity index (χ1n) is 16.1. The van der Waals surface area contributed by atoms with Gasteiger partial charge in [-0.15, -0.1) is 0 Å². The average molecular weight is 612 g/mol. The van der Waals surface area contributed by atoms with Crippen LogP contribution in [0.3, 0.4) is 0 Å². The highest BCUT2D eigenvalue weighted by atomic mass is 16.6. The van der Waals surface area contributed by atoms with Crippen molar-refractivity contribution in [2.45, 2.75) is 76.7 Å². The third-order valence-electron chi connectivity index (χ3n) is 9.04. The fourth-order valence-electron chi connectivity index (χ4n) is 6.91. The molecule has 0 N–H and O–H groups in total. The summed E-state index contributed by atoms with van der Waals surface area (Å²) in [5.74, 6) is 0.860. The molecule has 0 unspecified atom stereocenters. The van der Waals surface area contributed by atoms with Crippen molar-refractivity contribution < 1.29 is 14.3 Å². The summed E-state index contributed by atoms with van der Waals surface area (Å²) in [6, 6.07) is 17.4. The molecule has 3 aliphatic rings. The van der Waals surface area contributed by atoms with Crippen LogP contribution in [-0.2, 0) is 17.7 Å². The number of hydrogen-bond donors (Lipinski definition) is 0. The number of amides is 1. The van der Waals surface area contributed by atoms with Gasteiger partial charge in [0.15, 0.2) is 0 Å². The van der Waals surface area contributed by atoms with E-state index < -0.39 is 5.60 Å². The molecule has 45 heavy (non-hydrogen) atoms. The summed E-state index contributed by atoms with van der Waals surface area (Å²) in [6.45, 7) is 9.40. The molecule has 1 saturated carbocycles. The second kappa shape index (κ2) is 12.4. The van der Waals surface area contributed by atoms with Crippen LogP contribution in [0.1, 0.15) is 57.7 Å². The third-order valence-corrected chi connectivity index (χ3v) is 9.04. The second-order valence-corrected chi connectivity index (χ2v) is 13.9. The summed E-state index contributed by atoms with van der Waals surface area (Å²) in [4.78, 5) is 31.8. The average Bonchev–Trinajstić information content (AvgIpc) is 2.98. The van der Waals surface area contributed by atoms with Crippen LogP contribution in [0, 0.1) is 11.3 Å². The van der Waals surface area contributed by atoms with Crippen molar-refractivity contribution in [1.82, 2.24) is 19.8 Å². The van der Waals surface area contributed by atoms with Gasteiger partial charge in [0.2, 0.25) is 0 Å². The molecule has 2 fully saturated rings. The summed E-state index contributed by atoms with van der Waals surface area (Å²) >= 11 is 0. The Morgan fingerprint density at radius 3 is 2.56 bits per heavy atom. The van der Waals surface area contributed by atoms with Crippen molar-refractivity contribution in [2.24, 2.45) is 0 Å². The number of fused-ring (bicyclic) bond motifs is 2. The van der Waals surface area contributed by atoms with E-state index in [0.717, 1.165) is 55.8 Å². The van der Waals surface area contributed by atoms with Gasteiger partial charge in [0.1, 0.15) is 17.0 Å². The number of ether oxygens (including phenoxy) is 2. The number of benzene rings is 2. The number of likely N-dealkylation sites (N-methyl/N-ethyl adjacent to an activating group) is 1. The highest BCUT2D eigenvalue weighted by molar-refractivity contribution is 5.94. The first-order valence-corrected chi connectivity index (χ1v) is 16.1. The Morgan fingerprint density at radius 2 is 1.84 bits per heavy atom. The molecule has 1 saturated heterocycles. The fraction of sp³-hybridized carbons (Fsp3) is 0.543. The summed E-state index contributed by atoms with van der Waals surface area (Å²) in [5, 5.41) is 12.1. The van der Waals surface area contributed by atoms with Gasteiger partial charge in [0.05, 0.1) is 30.8 Å². The number of rotatable bonds is 7. The van der Waals surface area contributed by atoms with Gasteiger partial charge in [-0.25, -0.2) is 4.79 Å². The Labute approximate surface area is 266 Å². The number of carbonyl (C=O) groups excluding carboxylic acids is 1.